The molecule has 4 bridgehead atoms. The number of likely N-dealkylation sites (N-methyl/N-ethyl adjacent to an activating group) is 1. The van der Waals surface area contributed by atoms with E-state index in [2.05, 4.69) is 52.5 Å². The monoisotopic (exact) mass is 610 g/mol. The molecule has 11 atom stereocenters. The number of carbonyl (C=O) groups is 3. The maximum atomic E-state index is 14.1. The Balaban J connectivity index is 1.39. The van der Waals surface area contributed by atoms with Gasteiger partial charge in [0.15, 0.2) is 0 Å². The smallest absolute Gasteiger partial charge is 0.315 e. The minimum Gasteiger partial charge on any atom is -0.481 e. The second-order valence-electron chi connectivity index (χ2n) is 15.8. The Labute approximate surface area is 265 Å². The van der Waals surface area contributed by atoms with E-state index in [1.807, 2.05) is 4.90 Å². The summed E-state index contributed by atoms with van der Waals surface area (Å²) < 4.78 is 7.31. The van der Waals surface area contributed by atoms with Crippen molar-refractivity contribution in [2.45, 2.75) is 124 Å². The third-order valence-corrected chi connectivity index (χ3v) is 14.0. The van der Waals surface area contributed by atoms with Crippen LogP contribution < -0.4 is 0 Å². The van der Waals surface area contributed by atoms with Crippen molar-refractivity contribution in [3.05, 3.63) is 11.6 Å². The fourth-order valence-corrected chi connectivity index (χ4v) is 12.3. The molecule has 6 aliphatic rings. The number of carboxylic acid groups (broad SMARTS) is 1. The fourth-order valence-electron chi connectivity index (χ4n) is 12.3. The molecule has 7 nitrogen and oxygen atoms in total. The van der Waals surface area contributed by atoms with Gasteiger partial charge < -0.3 is 19.5 Å². The number of rotatable bonds is 12. The van der Waals surface area contributed by atoms with Gasteiger partial charge in [0, 0.05) is 25.0 Å². The topological polar surface area (TPSA) is 87.1 Å². The minimum atomic E-state index is -1.20. The Morgan fingerprint density at radius 2 is 1.91 bits per heavy atom. The summed E-state index contributed by atoms with van der Waals surface area (Å²) in [5.74, 6) is 0.892. The van der Waals surface area contributed by atoms with E-state index < -0.39 is 22.2 Å². The highest BCUT2D eigenvalue weighted by molar-refractivity contribution is 5.90. The maximum absolute atomic E-state index is 14.1. The number of ether oxygens (including phenoxy) is 1. The van der Waals surface area contributed by atoms with Gasteiger partial charge in [-0.05, 0) is 101 Å². The van der Waals surface area contributed by atoms with E-state index in [-0.39, 0.29) is 41.9 Å². The number of carboxylic acids is 1. The van der Waals surface area contributed by atoms with Gasteiger partial charge in [-0.2, -0.15) is 0 Å². The van der Waals surface area contributed by atoms with E-state index >= 15 is 0 Å². The summed E-state index contributed by atoms with van der Waals surface area (Å²) in [5.41, 5.74) is -1.66. The standard InChI is InChI=1S/C37H58N2O5/c1-7-10-12-25-17-32(44-31(25)21-39-16-11-13-30(39)33(41)38(8-2)9-3)36-20-27-24(6)14-15-28(27)35(22-40)19-26(36)18-29(23(4)5)37(35,36)34(42)43/h18,22-28,30-32H,7-17,19-21H2,1-6H3,(H,42,43)/t24-,25?,26?,27-,28-,30+,31?,32?,35?,36?,37?/m1/s1. The van der Waals surface area contributed by atoms with Crippen LogP contribution in [0.1, 0.15) is 106 Å². The number of hydrogen-bond donors (Lipinski definition) is 1. The molecule has 4 aliphatic carbocycles. The third-order valence-electron chi connectivity index (χ3n) is 14.0. The first-order chi connectivity index (χ1) is 21.1. The quantitative estimate of drug-likeness (QED) is 0.209. The van der Waals surface area contributed by atoms with Gasteiger partial charge in [-0.1, -0.05) is 58.6 Å². The summed E-state index contributed by atoms with van der Waals surface area (Å²) in [6.45, 7) is 16.0. The molecule has 0 aromatic carbocycles. The van der Waals surface area contributed by atoms with E-state index in [4.69, 9.17) is 4.74 Å². The highest BCUT2D eigenvalue weighted by Gasteiger charge is 2.86. The van der Waals surface area contributed by atoms with E-state index in [1.54, 1.807) is 0 Å². The van der Waals surface area contributed by atoms with Gasteiger partial charge >= 0.3 is 5.97 Å². The molecule has 0 aromatic rings. The molecule has 7 heteroatoms. The van der Waals surface area contributed by atoms with Crippen molar-refractivity contribution >= 4 is 18.2 Å². The lowest BCUT2D eigenvalue weighted by Gasteiger charge is -2.60. The number of amides is 1. The van der Waals surface area contributed by atoms with Crippen molar-refractivity contribution in [2.75, 3.05) is 26.2 Å². The zero-order chi connectivity index (χ0) is 31.6. The summed E-state index contributed by atoms with van der Waals surface area (Å²) >= 11 is 0. The van der Waals surface area contributed by atoms with E-state index in [1.165, 1.54) is 0 Å². The van der Waals surface area contributed by atoms with E-state index in [9.17, 15) is 19.5 Å². The summed E-state index contributed by atoms with van der Waals surface area (Å²) in [6, 6.07) is -0.0951. The molecule has 5 fully saturated rings. The first kappa shape index (κ1) is 32.2. The number of fused-ring (bicyclic) bond motifs is 2. The Morgan fingerprint density at radius 1 is 1.16 bits per heavy atom. The molecule has 1 amide bonds. The lowest BCUT2D eigenvalue weighted by Crippen LogP contribution is -2.65. The largest absolute Gasteiger partial charge is 0.481 e. The molecule has 0 spiro atoms. The van der Waals surface area contributed by atoms with Gasteiger partial charge in [-0.15, -0.1) is 0 Å². The zero-order valence-electron chi connectivity index (χ0n) is 28.2. The van der Waals surface area contributed by atoms with Crippen molar-refractivity contribution in [1.29, 1.82) is 0 Å². The highest BCUT2D eigenvalue weighted by Crippen LogP contribution is 2.84. The molecule has 2 saturated heterocycles. The van der Waals surface area contributed by atoms with Crippen LogP contribution in [-0.4, -0.2) is 77.5 Å². The Hall–Kier alpha value is -1.73. The van der Waals surface area contributed by atoms with Crippen LogP contribution in [0.4, 0.5) is 0 Å². The highest BCUT2D eigenvalue weighted by atomic mass is 16.5. The Kier molecular flexibility index (Phi) is 8.65. The van der Waals surface area contributed by atoms with Crippen LogP contribution in [0, 0.1) is 51.8 Å². The van der Waals surface area contributed by atoms with Gasteiger partial charge in [0.2, 0.25) is 5.91 Å². The molecule has 0 radical (unpaired) electrons. The molecule has 1 N–H and O–H groups in total. The van der Waals surface area contributed by atoms with Gasteiger partial charge in [-0.3, -0.25) is 14.5 Å². The second-order valence-corrected chi connectivity index (χ2v) is 15.8. The zero-order valence-corrected chi connectivity index (χ0v) is 28.2. The molecule has 44 heavy (non-hydrogen) atoms. The fraction of sp³-hybridized carbons (Fsp3) is 0.865. The first-order valence-corrected chi connectivity index (χ1v) is 18.2. The van der Waals surface area contributed by atoms with Crippen molar-refractivity contribution in [3.8, 4) is 0 Å². The van der Waals surface area contributed by atoms with Crippen LogP contribution in [0.25, 0.3) is 0 Å². The molecule has 2 aliphatic heterocycles. The molecule has 6 rings (SSSR count). The van der Waals surface area contributed by atoms with Gasteiger partial charge in [0.25, 0.3) is 0 Å². The molecular formula is C37H58N2O5. The van der Waals surface area contributed by atoms with E-state index in [0.717, 1.165) is 95.8 Å². The second kappa shape index (κ2) is 11.8. The van der Waals surface area contributed by atoms with Crippen LogP contribution in [0.2, 0.25) is 0 Å². The predicted octanol–water partition coefficient (Wildman–Crippen LogP) is 6.21. The Bertz CT molecular complexity index is 1160. The van der Waals surface area contributed by atoms with Crippen LogP contribution >= 0.6 is 0 Å². The molecular weight excluding hydrogens is 552 g/mol. The molecule has 246 valence electrons. The average Bonchev–Trinajstić information content (AvgIpc) is 3.80. The number of carbonyl (C=O) groups excluding carboxylic acids is 2. The average molecular weight is 611 g/mol. The first-order valence-electron chi connectivity index (χ1n) is 18.2. The van der Waals surface area contributed by atoms with Crippen molar-refractivity contribution in [1.82, 2.24) is 9.80 Å². The minimum absolute atomic E-state index is 0.0243. The number of allylic oxidation sites excluding steroid dienone is 1. The predicted molar refractivity (Wildman–Crippen MR) is 171 cm³/mol. The number of nitrogens with zero attached hydrogens (tertiary/aromatic N) is 2. The molecule has 0 aromatic heterocycles. The summed E-state index contributed by atoms with van der Waals surface area (Å²) in [6.07, 6.45) is 12.8. The number of likely N-dealkylation sites (tertiary alicyclic amines) is 1. The van der Waals surface area contributed by atoms with Gasteiger partial charge in [0.05, 0.1) is 23.7 Å². The van der Waals surface area contributed by atoms with Crippen LogP contribution in [0.15, 0.2) is 11.6 Å². The van der Waals surface area contributed by atoms with Crippen LogP contribution in [0.3, 0.4) is 0 Å². The SMILES string of the molecule is CCCCC1CC(C23C[C@@H]4[C@H](C)CC[C@H]4C4(C=O)CC2C=C(C(C)C)C34C(=O)O)OC1CN1CCC[C@H]1C(=O)N(CC)CC. The van der Waals surface area contributed by atoms with E-state index in [0.29, 0.717) is 24.2 Å². The van der Waals surface area contributed by atoms with Gasteiger partial charge in [0.1, 0.15) is 11.7 Å². The number of unbranched alkanes of at least 4 members (excludes halogenated alkanes) is 1. The summed E-state index contributed by atoms with van der Waals surface area (Å²) in [4.78, 5) is 45.4. The summed E-state index contributed by atoms with van der Waals surface area (Å²) in [7, 11) is 0. The van der Waals surface area contributed by atoms with Crippen molar-refractivity contribution < 1.29 is 24.2 Å². The maximum Gasteiger partial charge on any atom is 0.315 e. The number of hydrogen-bond acceptors (Lipinski definition) is 5. The van der Waals surface area contributed by atoms with Crippen LogP contribution in [-0.2, 0) is 19.1 Å². The van der Waals surface area contributed by atoms with Crippen molar-refractivity contribution in [2.24, 2.45) is 51.8 Å². The normalized spacial score (nSPS) is 44.3. The molecule has 3 saturated carbocycles. The Morgan fingerprint density at radius 3 is 2.55 bits per heavy atom. The lowest BCUT2D eigenvalue weighted by molar-refractivity contribution is -0.197. The van der Waals surface area contributed by atoms with Crippen LogP contribution in [0.5, 0.6) is 0 Å². The molecule has 7 unspecified atom stereocenters. The van der Waals surface area contributed by atoms with Gasteiger partial charge in [-0.25, -0.2) is 0 Å². The van der Waals surface area contributed by atoms with Crippen molar-refractivity contribution in [3.63, 3.8) is 0 Å². The third kappa shape index (κ3) is 4.15. The lowest BCUT2D eigenvalue weighted by atomic mass is 9.41. The number of aliphatic carboxylic acids is 1. The number of aldehydes is 1. The molecule has 2 heterocycles. The summed E-state index contributed by atoms with van der Waals surface area (Å²) in [5, 5.41) is 11.5.